The average molecular weight is 249 g/mol. The average Bonchev–Trinajstić information content (AvgIpc) is 2.82. The molecule has 0 saturated heterocycles. The number of nitrogens with zero attached hydrogens (tertiary/aromatic N) is 3. The number of rotatable bonds is 4. The molecule has 0 fully saturated rings. The van der Waals surface area contributed by atoms with E-state index in [9.17, 15) is 5.11 Å². The first-order chi connectivity index (χ1) is 8.16. The maximum absolute atomic E-state index is 9.38. The largest absolute Gasteiger partial charge is 0.387 e. The molecule has 17 heavy (non-hydrogen) atoms. The van der Waals surface area contributed by atoms with Crippen molar-refractivity contribution in [2.45, 2.75) is 19.6 Å². The van der Waals surface area contributed by atoms with Crippen LogP contribution in [-0.2, 0) is 6.54 Å². The van der Waals surface area contributed by atoms with E-state index in [1.165, 1.54) is 0 Å². The zero-order valence-electron chi connectivity index (χ0n) is 9.87. The molecular formula is C12H15N3OS. The summed E-state index contributed by atoms with van der Waals surface area (Å²) in [4.78, 5) is 10.5. The first-order valence-electron chi connectivity index (χ1n) is 5.39. The second-order valence-electron chi connectivity index (χ2n) is 3.95. The van der Waals surface area contributed by atoms with Gasteiger partial charge in [0.05, 0.1) is 41.4 Å². The van der Waals surface area contributed by atoms with Crippen molar-refractivity contribution in [1.82, 2.24) is 9.97 Å². The summed E-state index contributed by atoms with van der Waals surface area (Å²) < 4.78 is 0. The van der Waals surface area contributed by atoms with Crippen molar-refractivity contribution < 1.29 is 5.11 Å². The van der Waals surface area contributed by atoms with E-state index in [2.05, 4.69) is 14.9 Å². The molecule has 2 heterocycles. The summed E-state index contributed by atoms with van der Waals surface area (Å²) in [6, 6.07) is 3.80. The Morgan fingerprint density at radius 1 is 1.41 bits per heavy atom. The molecule has 0 bridgehead atoms. The Bertz CT molecular complexity index is 453. The summed E-state index contributed by atoms with van der Waals surface area (Å²) >= 11 is 1.60. The smallest absolute Gasteiger partial charge is 0.0931 e. The van der Waals surface area contributed by atoms with Crippen LogP contribution >= 0.6 is 11.3 Å². The number of aromatic nitrogens is 2. The Morgan fingerprint density at radius 2 is 2.24 bits per heavy atom. The zero-order chi connectivity index (χ0) is 12.3. The Hall–Kier alpha value is -1.46. The Balaban J connectivity index is 2.06. The van der Waals surface area contributed by atoms with Gasteiger partial charge in [-0.3, -0.25) is 4.98 Å². The van der Waals surface area contributed by atoms with E-state index in [0.717, 1.165) is 17.9 Å². The van der Waals surface area contributed by atoms with Crippen LogP contribution in [0.2, 0.25) is 0 Å². The van der Waals surface area contributed by atoms with Gasteiger partial charge in [0, 0.05) is 12.4 Å². The van der Waals surface area contributed by atoms with Crippen LogP contribution in [-0.4, -0.2) is 22.1 Å². The van der Waals surface area contributed by atoms with Crippen LogP contribution in [0.5, 0.6) is 0 Å². The molecule has 0 aromatic carbocycles. The second kappa shape index (κ2) is 5.25. The van der Waals surface area contributed by atoms with E-state index in [1.807, 2.05) is 30.1 Å². The first-order valence-corrected chi connectivity index (χ1v) is 6.33. The zero-order valence-corrected chi connectivity index (χ0v) is 10.7. The van der Waals surface area contributed by atoms with Crippen molar-refractivity contribution >= 4 is 17.0 Å². The van der Waals surface area contributed by atoms with Gasteiger partial charge in [-0.2, -0.15) is 0 Å². The molecule has 0 aliphatic carbocycles. The molecule has 0 amide bonds. The molecule has 0 radical (unpaired) electrons. The Kier molecular flexibility index (Phi) is 3.71. The lowest BCUT2D eigenvalue weighted by Gasteiger charge is -2.18. The van der Waals surface area contributed by atoms with Gasteiger partial charge in [0.15, 0.2) is 0 Å². The molecule has 0 aliphatic heterocycles. The standard InChI is InChI=1S/C12H15N3OS/c1-9(16)12-4-3-11(5-13-12)15(2)6-10-7-17-8-14-10/h3-5,7-9,16H,6H2,1-2H3/t9-/m0/s1. The van der Waals surface area contributed by atoms with Crippen molar-refractivity contribution in [2.24, 2.45) is 0 Å². The number of aliphatic hydroxyl groups excluding tert-OH is 1. The molecule has 2 aromatic heterocycles. The third-order valence-electron chi connectivity index (χ3n) is 2.52. The third kappa shape index (κ3) is 3.01. The van der Waals surface area contributed by atoms with Gasteiger partial charge in [0.2, 0.25) is 0 Å². The van der Waals surface area contributed by atoms with Crippen molar-refractivity contribution in [2.75, 3.05) is 11.9 Å². The molecule has 0 spiro atoms. The molecule has 2 aromatic rings. The molecular weight excluding hydrogens is 234 g/mol. The summed E-state index contributed by atoms with van der Waals surface area (Å²) in [6.07, 6.45) is 1.25. The molecule has 0 aliphatic rings. The lowest BCUT2D eigenvalue weighted by atomic mass is 10.2. The summed E-state index contributed by atoms with van der Waals surface area (Å²) in [5.41, 5.74) is 4.59. The highest BCUT2D eigenvalue weighted by Gasteiger charge is 2.06. The van der Waals surface area contributed by atoms with Crippen LogP contribution in [0.1, 0.15) is 24.4 Å². The minimum atomic E-state index is -0.520. The van der Waals surface area contributed by atoms with Crippen LogP contribution in [0.15, 0.2) is 29.2 Å². The number of anilines is 1. The van der Waals surface area contributed by atoms with E-state index in [-0.39, 0.29) is 0 Å². The van der Waals surface area contributed by atoms with Crippen molar-refractivity contribution in [3.05, 3.63) is 40.6 Å². The monoisotopic (exact) mass is 249 g/mol. The molecule has 1 atom stereocenters. The van der Waals surface area contributed by atoms with Crippen molar-refractivity contribution in [3.8, 4) is 0 Å². The van der Waals surface area contributed by atoms with Crippen LogP contribution in [0.4, 0.5) is 5.69 Å². The summed E-state index contributed by atoms with van der Waals surface area (Å²) in [7, 11) is 2.00. The van der Waals surface area contributed by atoms with E-state index >= 15 is 0 Å². The second-order valence-corrected chi connectivity index (χ2v) is 4.67. The molecule has 0 saturated carbocycles. The number of pyridine rings is 1. The lowest BCUT2D eigenvalue weighted by molar-refractivity contribution is 0.194. The molecule has 0 unspecified atom stereocenters. The molecule has 2 rings (SSSR count). The van der Waals surface area contributed by atoms with Crippen molar-refractivity contribution in [1.29, 1.82) is 0 Å². The van der Waals surface area contributed by atoms with Gasteiger partial charge >= 0.3 is 0 Å². The number of thiazole rings is 1. The van der Waals surface area contributed by atoms with Gasteiger partial charge in [0.25, 0.3) is 0 Å². The van der Waals surface area contributed by atoms with Crippen LogP contribution in [0, 0.1) is 0 Å². The maximum Gasteiger partial charge on any atom is 0.0931 e. The maximum atomic E-state index is 9.38. The third-order valence-corrected chi connectivity index (χ3v) is 3.16. The van der Waals surface area contributed by atoms with Gasteiger partial charge in [-0.15, -0.1) is 11.3 Å². The number of aliphatic hydroxyl groups is 1. The highest BCUT2D eigenvalue weighted by atomic mass is 32.1. The fourth-order valence-corrected chi connectivity index (χ4v) is 2.07. The highest BCUT2D eigenvalue weighted by Crippen LogP contribution is 2.17. The fraction of sp³-hybridized carbons (Fsp3) is 0.333. The van der Waals surface area contributed by atoms with Gasteiger partial charge in [-0.25, -0.2) is 4.98 Å². The van der Waals surface area contributed by atoms with Crippen LogP contribution < -0.4 is 4.90 Å². The van der Waals surface area contributed by atoms with Crippen molar-refractivity contribution in [3.63, 3.8) is 0 Å². The molecule has 1 N–H and O–H groups in total. The summed E-state index contributed by atoms with van der Waals surface area (Å²) in [6.45, 7) is 2.47. The van der Waals surface area contributed by atoms with Crippen LogP contribution in [0.25, 0.3) is 0 Å². The molecule has 90 valence electrons. The van der Waals surface area contributed by atoms with Gasteiger partial charge in [-0.05, 0) is 19.1 Å². The number of hydrogen-bond acceptors (Lipinski definition) is 5. The van der Waals surface area contributed by atoms with Gasteiger partial charge in [-0.1, -0.05) is 0 Å². The molecule has 5 heteroatoms. The number of hydrogen-bond donors (Lipinski definition) is 1. The highest BCUT2D eigenvalue weighted by molar-refractivity contribution is 7.07. The normalized spacial score (nSPS) is 12.4. The van der Waals surface area contributed by atoms with Gasteiger partial charge in [0.1, 0.15) is 0 Å². The minimum absolute atomic E-state index is 0.520. The Morgan fingerprint density at radius 3 is 2.76 bits per heavy atom. The predicted molar refractivity (Wildman–Crippen MR) is 69.1 cm³/mol. The lowest BCUT2D eigenvalue weighted by Crippen LogP contribution is -2.16. The quantitative estimate of drug-likeness (QED) is 0.902. The minimum Gasteiger partial charge on any atom is -0.387 e. The van der Waals surface area contributed by atoms with E-state index in [1.54, 1.807) is 24.5 Å². The summed E-state index contributed by atoms with van der Waals surface area (Å²) in [5.74, 6) is 0. The topological polar surface area (TPSA) is 49.2 Å². The van der Waals surface area contributed by atoms with E-state index in [0.29, 0.717) is 5.69 Å². The Labute approximate surface area is 105 Å². The fourth-order valence-electron chi connectivity index (χ4n) is 1.52. The summed E-state index contributed by atoms with van der Waals surface area (Å²) in [5, 5.41) is 11.4. The van der Waals surface area contributed by atoms with E-state index in [4.69, 9.17) is 0 Å². The van der Waals surface area contributed by atoms with E-state index < -0.39 is 6.10 Å². The predicted octanol–water partition coefficient (Wildman–Crippen LogP) is 2.23. The van der Waals surface area contributed by atoms with Gasteiger partial charge < -0.3 is 10.0 Å². The van der Waals surface area contributed by atoms with Crippen LogP contribution in [0.3, 0.4) is 0 Å². The molecule has 4 nitrogen and oxygen atoms in total. The SMILES string of the molecule is C[C@H](O)c1ccc(N(C)Cc2cscn2)cn1. The first kappa shape index (κ1) is 12.0.